The molecule has 2 nitrogen and oxygen atoms in total. The molecule has 2 saturated carbocycles. The van der Waals surface area contributed by atoms with Crippen LogP contribution in [0.1, 0.15) is 71.6 Å². The standard InChI is InChI=1S/C15H25NO/c1-13(2)8-7-11-15(13,17)14(12-16)9-5-3-4-6-10-14/h17H,3-11H2,1-2H3. The number of nitrogens with zero attached hydrogens (tertiary/aromatic N) is 1. The molecular formula is C15H25NO. The normalized spacial score (nSPS) is 36.1. The minimum Gasteiger partial charge on any atom is -0.388 e. The third kappa shape index (κ3) is 1.80. The SMILES string of the molecule is CC1(C)CCCC1(O)C1(C#N)CCCCCC1. The van der Waals surface area contributed by atoms with Gasteiger partial charge in [-0.2, -0.15) is 5.26 Å². The highest BCUT2D eigenvalue weighted by atomic mass is 16.3. The van der Waals surface area contributed by atoms with Crippen molar-refractivity contribution in [2.75, 3.05) is 0 Å². The van der Waals surface area contributed by atoms with Gasteiger partial charge in [-0.05, 0) is 37.5 Å². The summed E-state index contributed by atoms with van der Waals surface area (Å²) >= 11 is 0. The molecule has 0 bridgehead atoms. The van der Waals surface area contributed by atoms with E-state index in [0.717, 1.165) is 44.9 Å². The Morgan fingerprint density at radius 3 is 1.88 bits per heavy atom. The van der Waals surface area contributed by atoms with Crippen molar-refractivity contribution < 1.29 is 5.11 Å². The monoisotopic (exact) mass is 235 g/mol. The maximum atomic E-state index is 11.2. The largest absolute Gasteiger partial charge is 0.388 e. The van der Waals surface area contributed by atoms with Gasteiger partial charge in [0.15, 0.2) is 0 Å². The number of hydrogen-bond donors (Lipinski definition) is 1. The molecule has 1 unspecified atom stereocenters. The van der Waals surface area contributed by atoms with Crippen LogP contribution in [0.5, 0.6) is 0 Å². The van der Waals surface area contributed by atoms with E-state index in [1.807, 2.05) is 0 Å². The average molecular weight is 235 g/mol. The second kappa shape index (κ2) is 4.28. The third-order valence-corrected chi connectivity index (χ3v) is 5.42. The first-order chi connectivity index (χ1) is 7.97. The maximum Gasteiger partial charge on any atom is 0.0883 e. The van der Waals surface area contributed by atoms with Crippen LogP contribution in [0.2, 0.25) is 0 Å². The van der Waals surface area contributed by atoms with Crippen molar-refractivity contribution in [2.45, 2.75) is 77.2 Å². The van der Waals surface area contributed by atoms with Gasteiger partial charge in [0, 0.05) is 0 Å². The lowest BCUT2D eigenvalue weighted by atomic mass is 9.58. The van der Waals surface area contributed by atoms with E-state index in [1.54, 1.807) is 0 Å². The minimum atomic E-state index is -0.765. The first-order valence-corrected chi connectivity index (χ1v) is 7.11. The number of hydrogen-bond acceptors (Lipinski definition) is 2. The molecular weight excluding hydrogens is 210 g/mol. The van der Waals surface area contributed by atoms with Crippen molar-refractivity contribution in [3.63, 3.8) is 0 Å². The molecule has 0 radical (unpaired) electrons. The molecule has 0 aromatic carbocycles. The Morgan fingerprint density at radius 1 is 0.882 bits per heavy atom. The van der Waals surface area contributed by atoms with Gasteiger partial charge in [0.2, 0.25) is 0 Å². The fraction of sp³-hybridized carbons (Fsp3) is 0.933. The molecule has 96 valence electrons. The fourth-order valence-electron chi connectivity index (χ4n) is 4.17. The third-order valence-electron chi connectivity index (χ3n) is 5.42. The van der Waals surface area contributed by atoms with Gasteiger partial charge in [-0.1, -0.05) is 39.5 Å². The van der Waals surface area contributed by atoms with E-state index in [0.29, 0.717) is 0 Å². The van der Waals surface area contributed by atoms with Crippen molar-refractivity contribution in [3.8, 4) is 6.07 Å². The van der Waals surface area contributed by atoms with Crippen molar-refractivity contribution in [3.05, 3.63) is 0 Å². The van der Waals surface area contributed by atoms with E-state index < -0.39 is 11.0 Å². The Hall–Kier alpha value is -0.550. The number of rotatable bonds is 1. The minimum absolute atomic E-state index is 0.104. The maximum absolute atomic E-state index is 11.2. The van der Waals surface area contributed by atoms with Gasteiger partial charge < -0.3 is 5.11 Å². The molecule has 0 saturated heterocycles. The van der Waals surface area contributed by atoms with Crippen LogP contribution in [0.4, 0.5) is 0 Å². The quantitative estimate of drug-likeness (QED) is 0.703. The Kier molecular flexibility index (Phi) is 3.25. The Morgan fingerprint density at radius 2 is 1.47 bits per heavy atom. The van der Waals surface area contributed by atoms with Crippen molar-refractivity contribution in [1.29, 1.82) is 5.26 Å². The van der Waals surface area contributed by atoms with Crippen LogP contribution in [-0.4, -0.2) is 10.7 Å². The Balaban J connectivity index is 2.37. The zero-order valence-corrected chi connectivity index (χ0v) is 11.3. The average Bonchev–Trinajstić information content (AvgIpc) is 2.51. The molecule has 17 heavy (non-hydrogen) atoms. The molecule has 2 rings (SSSR count). The summed E-state index contributed by atoms with van der Waals surface area (Å²) in [4.78, 5) is 0. The smallest absolute Gasteiger partial charge is 0.0883 e. The summed E-state index contributed by atoms with van der Waals surface area (Å²) in [6.07, 6.45) is 9.36. The van der Waals surface area contributed by atoms with Crippen LogP contribution in [-0.2, 0) is 0 Å². The Bertz CT molecular complexity index is 320. The summed E-state index contributed by atoms with van der Waals surface area (Å²) in [5.74, 6) is 0. The fourth-order valence-corrected chi connectivity index (χ4v) is 4.17. The molecule has 0 amide bonds. The molecule has 0 aromatic heterocycles. The van der Waals surface area contributed by atoms with Gasteiger partial charge in [0.05, 0.1) is 17.1 Å². The van der Waals surface area contributed by atoms with Crippen molar-refractivity contribution >= 4 is 0 Å². The van der Waals surface area contributed by atoms with Crippen LogP contribution in [0.3, 0.4) is 0 Å². The zero-order valence-electron chi connectivity index (χ0n) is 11.3. The molecule has 2 fully saturated rings. The van der Waals surface area contributed by atoms with Gasteiger partial charge in [-0.3, -0.25) is 0 Å². The van der Waals surface area contributed by atoms with E-state index >= 15 is 0 Å². The van der Waals surface area contributed by atoms with E-state index in [4.69, 9.17) is 0 Å². The first-order valence-electron chi connectivity index (χ1n) is 7.11. The molecule has 0 heterocycles. The summed E-state index contributed by atoms with van der Waals surface area (Å²) < 4.78 is 0. The van der Waals surface area contributed by atoms with Crippen molar-refractivity contribution in [1.82, 2.24) is 0 Å². The predicted molar refractivity (Wildman–Crippen MR) is 68.3 cm³/mol. The summed E-state index contributed by atoms with van der Waals surface area (Å²) in [6.45, 7) is 4.29. The van der Waals surface area contributed by atoms with Gasteiger partial charge in [0.1, 0.15) is 0 Å². The highest BCUT2D eigenvalue weighted by Crippen LogP contribution is 2.58. The van der Waals surface area contributed by atoms with Crippen molar-refractivity contribution in [2.24, 2.45) is 10.8 Å². The molecule has 2 heteroatoms. The topological polar surface area (TPSA) is 44.0 Å². The molecule has 0 spiro atoms. The van der Waals surface area contributed by atoms with E-state index in [1.165, 1.54) is 12.8 Å². The number of nitriles is 1. The molecule has 1 N–H and O–H groups in total. The van der Waals surface area contributed by atoms with Crippen LogP contribution >= 0.6 is 0 Å². The molecule has 1 atom stereocenters. The highest BCUT2D eigenvalue weighted by Gasteiger charge is 2.60. The zero-order chi connectivity index (χ0) is 12.6. The van der Waals surface area contributed by atoms with Gasteiger partial charge >= 0.3 is 0 Å². The molecule has 0 aromatic rings. The Labute approximate surface area is 105 Å². The van der Waals surface area contributed by atoms with Crippen LogP contribution in [0.25, 0.3) is 0 Å². The van der Waals surface area contributed by atoms with Gasteiger partial charge in [0.25, 0.3) is 0 Å². The lowest BCUT2D eigenvalue weighted by Gasteiger charge is -2.48. The molecule has 0 aliphatic heterocycles. The first kappa shape index (κ1) is 12.9. The van der Waals surface area contributed by atoms with Crippen LogP contribution < -0.4 is 0 Å². The van der Waals surface area contributed by atoms with Gasteiger partial charge in [-0.25, -0.2) is 0 Å². The predicted octanol–water partition coefficient (Wildman–Crippen LogP) is 3.79. The summed E-state index contributed by atoms with van der Waals surface area (Å²) in [5, 5.41) is 20.9. The van der Waals surface area contributed by atoms with Gasteiger partial charge in [-0.15, -0.1) is 0 Å². The highest BCUT2D eigenvalue weighted by molar-refractivity contribution is 5.18. The van der Waals surface area contributed by atoms with E-state index in [-0.39, 0.29) is 5.41 Å². The summed E-state index contributed by atoms with van der Waals surface area (Å²) in [5.41, 5.74) is -1.35. The summed E-state index contributed by atoms with van der Waals surface area (Å²) in [7, 11) is 0. The van der Waals surface area contributed by atoms with Crippen LogP contribution in [0, 0.1) is 22.2 Å². The lowest BCUT2D eigenvalue weighted by molar-refractivity contribution is -0.127. The van der Waals surface area contributed by atoms with E-state index in [9.17, 15) is 10.4 Å². The lowest BCUT2D eigenvalue weighted by Crippen LogP contribution is -2.54. The molecule has 2 aliphatic carbocycles. The number of aliphatic hydroxyl groups is 1. The molecule has 2 aliphatic rings. The van der Waals surface area contributed by atoms with Crippen LogP contribution in [0.15, 0.2) is 0 Å². The second-order valence-electron chi connectivity index (χ2n) is 6.71. The summed E-state index contributed by atoms with van der Waals surface area (Å²) in [6, 6.07) is 2.55. The van der Waals surface area contributed by atoms with E-state index in [2.05, 4.69) is 19.9 Å². The second-order valence-corrected chi connectivity index (χ2v) is 6.71.